The monoisotopic (exact) mass is 498 g/mol. The van der Waals surface area contributed by atoms with Gasteiger partial charge in [-0.15, -0.1) is 0 Å². The lowest BCUT2D eigenvalue weighted by molar-refractivity contribution is 1.77. The largest absolute Gasteiger partial charge is 0.0819 e. The molecule has 130 valence electrons. The van der Waals surface area contributed by atoms with Gasteiger partial charge in [0, 0.05) is 21.5 Å². The zero-order valence-electron chi connectivity index (χ0n) is 12.2. The summed E-state index contributed by atoms with van der Waals surface area (Å²) in [5.74, 6) is 0. The van der Waals surface area contributed by atoms with E-state index in [0.717, 1.165) is 43.1 Å². The van der Waals surface area contributed by atoms with Crippen molar-refractivity contribution in [2.24, 2.45) is 0 Å². The maximum absolute atomic E-state index is 6.39. The normalized spacial score (nSPS) is 12.6. The Morgan fingerprint density at radius 3 is 0.692 bits per heavy atom. The van der Waals surface area contributed by atoms with Crippen LogP contribution in [0.5, 0.6) is 0 Å². The van der Waals surface area contributed by atoms with Crippen molar-refractivity contribution in [1.29, 1.82) is 0 Å². The molecule has 5 aromatic carbocycles. The average molecular weight is 502 g/mol. The van der Waals surface area contributed by atoms with Crippen LogP contribution in [0.4, 0.5) is 0 Å². The Labute approximate surface area is 187 Å². The van der Waals surface area contributed by atoms with Gasteiger partial charge in [-0.1, -0.05) is 92.8 Å². The summed E-state index contributed by atoms with van der Waals surface area (Å²) in [7, 11) is 0. The average Bonchev–Trinajstić information content (AvgIpc) is 2.59. The second-order valence-electron chi connectivity index (χ2n) is 5.96. The van der Waals surface area contributed by atoms with Gasteiger partial charge in [0.15, 0.2) is 0 Å². The van der Waals surface area contributed by atoms with E-state index in [-0.39, 0.29) is 20.1 Å². The molecule has 8 heteroatoms. The highest BCUT2D eigenvalue weighted by atomic mass is 35.5. The Balaban J connectivity index is 2.00. The summed E-state index contributed by atoms with van der Waals surface area (Å²) in [4.78, 5) is 0. The fourth-order valence-corrected chi connectivity index (χ4v) is 5.69. The zero-order chi connectivity index (χ0) is 18.7. The van der Waals surface area contributed by atoms with Crippen LogP contribution < -0.4 is 0 Å². The Morgan fingerprint density at radius 2 is 0.500 bits per heavy atom. The van der Waals surface area contributed by atoms with Crippen molar-refractivity contribution in [3.8, 4) is 0 Å². The van der Waals surface area contributed by atoms with Crippen LogP contribution in [0.15, 0.2) is 12.1 Å². The maximum Gasteiger partial charge on any atom is 0.0800 e. The summed E-state index contributed by atoms with van der Waals surface area (Å²) in [5, 5.41) is 9.26. The van der Waals surface area contributed by atoms with E-state index in [0.29, 0.717) is 20.1 Å². The highest BCUT2D eigenvalue weighted by Gasteiger charge is 2.27. The van der Waals surface area contributed by atoms with Crippen molar-refractivity contribution < 1.29 is 0 Å². The van der Waals surface area contributed by atoms with E-state index < -0.39 is 0 Å². The Hall–Kier alpha value is -0.0200. The van der Waals surface area contributed by atoms with Gasteiger partial charge in [0.25, 0.3) is 0 Å². The highest BCUT2D eigenvalue weighted by Crippen LogP contribution is 2.55. The Morgan fingerprint density at radius 1 is 0.308 bits per heavy atom. The van der Waals surface area contributed by atoms with Gasteiger partial charge in [-0.05, 0) is 33.7 Å². The Kier molecular flexibility index (Phi) is 3.99. The van der Waals surface area contributed by atoms with Gasteiger partial charge in [-0.25, -0.2) is 0 Å². The third-order valence-electron chi connectivity index (χ3n) is 4.77. The molecule has 0 heterocycles. The summed E-state index contributed by atoms with van der Waals surface area (Å²) in [6.45, 7) is 0. The van der Waals surface area contributed by atoms with Crippen LogP contribution in [0.1, 0.15) is 0 Å². The summed E-state index contributed by atoms with van der Waals surface area (Å²) in [6.07, 6.45) is 0. The molecule has 5 rings (SSSR count). The number of rotatable bonds is 0. The highest BCUT2D eigenvalue weighted by molar-refractivity contribution is 6.61. The maximum atomic E-state index is 6.39. The van der Waals surface area contributed by atoms with Crippen LogP contribution in [0.3, 0.4) is 0 Å². The number of benzene rings is 3. The predicted molar refractivity (Wildman–Crippen MR) is 119 cm³/mol. The summed E-state index contributed by atoms with van der Waals surface area (Å²) in [5.41, 5.74) is 0. The molecule has 5 aromatic rings. The van der Waals surface area contributed by atoms with Gasteiger partial charge in [0.2, 0.25) is 0 Å². The van der Waals surface area contributed by atoms with Crippen molar-refractivity contribution in [3.63, 3.8) is 0 Å². The fraction of sp³-hybridized carbons (Fsp3) is 0. The van der Waals surface area contributed by atoms with Crippen molar-refractivity contribution in [2.75, 3.05) is 0 Å². The van der Waals surface area contributed by atoms with Crippen molar-refractivity contribution in [2.45, 2.75) is 0 Å². The molecule has 0 bridgehead atoms. The summed E-state index contributed by atoms with van der Waals surface area (Å²) >= 11 is 50.3. The molecule has 0 radical (unpaired) electrons. The van der Waals surface area contributed by atoms with Crippen LogP contribution in [-0.2, 0) is 0 Å². The Bertz CT molecular complexity index is 1190. The molecule has 0 aliphatic rings. The molecule has 0 saturated heterocycles. The second-order valence-corrected chi connectivity index (χ2v) is 8.98. The van der Waals surface area contributed by atoms with E-state index in [1.165, 1.54) is 0 Å². The quantitative estimate of drug-likeness (QED) is 0.146. The van der Waals surface area contributed by atoms with Crippen LogP contribution in [0, 0.1) is 0 Å². The van der Waals surface area contributed by atoms with Crippen LogP contribution in [0.25, 0.3) is 43.1 Å². The smallest absolute Gasteiger partial charge is 0.0800 e. The fourth-order valence-electron chi connectivity index (χ4n) is 3.58. The summed E-state index contributed by atoms with van der Waals surface area (Å²) in [6, 6.07) is 3.96. The lowest BCUT2D eigenvalue weighted by Crippen LogP contribution is -1.94. The minimum atomic E-state index is 0.238. The first-order valence-electron chi connectivity index (χ1n) is 7.17. The molecule has 0 fully saturated rings. The molecule has 0 N–H and O–H groups in total. The first kappa shape index (κ1) is 18.0. The number of hydrogen-bond acceptors (Lipinski definition) is 0. The van der Waals surface area contributed by atoms with Gasteiger partial charge >= 0.3 is 0 Å². The molecule has 0 aliphatic carbocycles. The first-order valence-corrected chi connectivity index (χ1v) is 10.2. The molecular weight excluding hydrogens is 500 g/mol. The first-order chi connectivity index (χ1) is 12.3. The third kappa shape index (κ3) is 1.98. The molecular formula is C18H2Cl8. The molecule has 0 aromatic heterocycles. The second kappa shape index (κ2) is 5.75. The van der Waals surface area contributed by atoms with E-state index in [2.05, 4.69) is 0 Å². The molecule has 0 amide bonds. The molecule has 0 nitrogen and oxygen atoms in total. The molecule has 0 aliphatic heterocycles. The molecule has 0 atom stereocenters. The van der Waals surface area contributed by atoms with E-state index in [1.807, 2.05) is 12.1 Å². The van der Waals surface area contributed by atoms with Crippen molar-refractivity contribution >= 4 is 136 Å². The van der Waals surface area contributed by atoms with Crippen LogP contribution in [-0.4, -0.2) is 0 Å². The van der Waals surface area contributed by atoms with Gasteiger partial charge in [0.05, 0.1) is 40.2 Å². The standard InChI is InChI=1S/C18H2Cl8/c19-11-7-3-1-4-6(2-5(3)9(7)13(21)17(25)15(11)23)10-8(4)12(20)16(24)18(26)14(10)22/h1-2H. The predicted octanol–water partition coefficient (Wildman–Crippen LogP) is 10.4. The third-order valence-corrected chi connectivity index (χ3v) is 8.37. The van der Waals surface area contributed by atoms with Gasteiger partial charge in [-0.2, -0.15) is 0 Å². The van der Waals surface area contributed by atoms with E-state index >= 15 is 0 Å². The number of fused-ring (bicyclic) bond motifs is 8. The minimum Gasteiger partial charge on any atom is -0.0819 e. The van der Waals surface area contributed by atoms with E-state index in [9.17, 15) is 0 Å². The van der Waals surface area contributed by atoms with Gasteiger partial charge in [0.1, 0.15) is 0 Å². The summed E-state index contributed by atoms with van der Waals surface area (Å²) < 4.78 is 0. The number of halogens is 8. The van der Waals surface area contributed by atoms with Crippen LogP contribution in [0.2, 0.25) is 40.2 Å². The molecule has 26 heavy (non-hydrogen) atoms. The molecule has 0 spiro atoms. The number of hydrogen-bond donors (Lipinski definition) is 0. The van der Waals surface area contributed by atoms with Crippen molar-refractivity contribution in [3.05, 3.63) is 52.3 Å². The SMILES string of the molecule is Clc1c(Cl)c(Cl)c2c3cc4c(cc3c2c1Cl)c1c(Cl)c(Cl)c(Cl)c(Cl)c41. The topological polar surface area (TPSA) is 0 Å². The lowest BCUT2D eigenvalue weighted by Gasteiger charge is -2.22. The zero-order valence-corrected chi connectivity index (χ0v) is 18.2. The van der Waals surface area contributed by atoms with Crippen molar-refractivity contribution in [1.82, 2.24) is 0 Å². The van der Waals surface area contributed by atoms with Crippen LogP contribution >= 0.6 is 92.8 Å². The lowest BCUT2D eigenvalue weighted by atomic mass is 9.86. The van der Waals surface area contributed by atoms with E-state index in [1.54, 1.807) is 0 Å². The van der Waals surface area contributed by atoms with Gasteiger partial charge in [-0.3, -0.25) is 0 Å². The molecule has 0 unspecified atom stereocenters. The minimum absolute atomic E-state index is 0.238. The van der Waals surface area contributed by atoms with Gasteiger partial charge < -0.3 is 0 Å². The molecule has 0 saturated carbocycles. The van der Waals surface area contributed by atoms with E-state index in [4.69, 9.17) is 92.8 Å².